The van der Waals surface area contributed by atoms with Gasteiger partial charge in [-0.05, 0) is 37.3 Å². The topological polar surface area (TPSA) is 84.2 Å². The van der Waals surface area contributed by atoms with E-state index in [2.05, 4.69) is 10.4 Å². The minimum Gasteiger partial charge on any atom is -0.394 e. The Bertz CT molecular complexity index is 1160. The molecule has 1 aromatic heterocycles. The van der Waals surface area contributed by atoms with Crippen molar-refractivity contribution in [3.05, 3.63) is 80.9 Å². The van der Waals surface area contributed by atoms with E-state index in [1.165, 1.54) is 19.1 Å². The molecule has 2 N–H and O–H groups in total. The van der Waals surface area contributed by atoms with E-state index >= 15 is 0 Å². The van der Waals surface area contributed by atoms with Crippen LogP contribution >= 0.6 is 11.6 Å². The average molecular weight is 438 g/mol. The van der Waals surface area contributed by atoms with Gasteiger partial charge in [0.05, 0.1) is 23.0 Å². The smallest absolute Gasteiger partial charge is 0.284 e. The molecule has 2 aromatic carbocycles. The summed E-state index contributed by atoms with van der Waals surface area (Å²) >= 11 is 5.69. The summed E-state index contributed by atoms with van der Waals surface area (Å²) in [5.74, 6) is -3.52. The molecular weight excluding hydrogens is 423 g/mol. The molecule has 0 radical (unpaired) electrons. The number of hydrogen-bond acceptors (Lipinski definition) is 4. The molecule has 0 aliphatic carbocycles. The Kier molecular flexibility index (Phi) is 6.23. The van der Waals surface area contributed by atoms with Crippen LogP contribution in [0.15, 0.2) is 47.3 Å². The van der Waals surface area contributed by atoms with E-state index in [0.29, 0.717) is 10.7 Å². The van der Waals surface area contributed by atoms with Gasteiger partial charge in [-0.2, -0.15) is 9.78 Å². The molecule has 0 saturated carbocycles. The molecule has 0 aliphatic rings. The van der Waals surface area contributed by atoms with Crippen LogP contribution in [-0.4, -0.2) is 33.4 Å². The van der Waals surface area contributed by atoms with Crippen LogP contribution < -0.4 is 10.9 Å². The Morgan fingerprint density at radius 3 is 2.43 bits per heavy atom. The predicted octanol–water partition coefficient (Wildman–Crippen LogP) is 3.08. The molecule has 10 heteroatoms. The lowest BCUT2D eigenvalue weighted by molar-refractivity contribution is 0.0920. The van der Waals surface area contributed by atoms with E-state index in [1.807, 2.05) is 0 Å². The van der Waals surface area contributed by atoms with Crippen LogP contribution in [0.5, 0.6) is 0 Å². The summed E-state index contributed by atoms with van der Waals surface area (Å²) in [5.41, 5.74) is -1.48. The summed E-state index contributed by atoms with van der Waals surface area (Å²) in [4.78, 5) is 25.4. The van der Waals surface area contributed by atoms with Crippen LogP contribution in [0.25, 0.3) is 16.9 Å². The Labute approximate surface area is 173 Å². The first kappa shape index (κ1) is 21.5. The van der Waals surface area contributed by atoms with Gasteiger partial charge in [0.15, 0.2) is 0 Å². The molecule has 1 atom stereocenters. The Balaban J connectivity index is 2.25. The van der Waals surface area contributed by atoms with Gasteiger partial charge in [-0.25, -0.2) is 13.2 Å². The van der Waals surface area contributed by atoms with E-state index in [4.69, 9.17) is 16.7 Å². The molecule has 0 saturated heterocycles. The van der Waals surface area contributed by atoms with Gasteiger partial charge in [0.1, 0.15) is 23.0 Å². The van der Waals surface area contributed by atoms with Crippen molar-refractivity contribution in [1.29, 1.82) is 0 Å². The van der Waals surface area contributed by atoms with Crippen molar-refractivity contribution in [3.63, 3.8) is 0 Å². The highest BCUT2D eigenvalue weighted by atomic mass is 35.5. The molecule has 0 spiro atoms. The normalized spacial score (nSPS) is 11.9. The van der Waals surface area contributed by atoms with Crippen LogP contribution in [0, 0.1) is 17.5 Å². The van der Waals surface area contributed by atoms with Crippen LogP contribution in [0.4, 0.5) is 13.2 Å². The minimum absolute atomic E-state index is 0.0170. The molecule has 30 heavy (non-hydrogen) atoms. The first-order chi connectivity index (χ1) is 14.2. The maximum Gasteiger partial charge on any atom is 0.284 e. The predicted molar refractivity (Wildman–Crippen MR) is 104 cm³/mol. The summed E-state index contributed by atoms with van der Waals surface area (Å²) in [7, 11) is 0. The number of rotatable bonds is 5. The highest BCUT2D eigenvalue weighted by Crippen LogP contribution is 2.23. The third-order valence-electron chi connectivity index (χ3n) is 4.11. The van der Waals surface area contributed by atoms with Gasteiger partial charge in [-0.1, -0.05) is 17.7 Å². The summed E-state index contributed by atoms with van der Waals surface area (Å²) in [5, 5.41) is 15.4. The molecule has 156 valence electrons. The van der Waals surface area contributed by atoms with Gasteiger partial charge in [-0.3, -0.25) is 9.59 Å². The van der Waals surface area contributed by atoms with Crippen LogP contribution in [0.2, 0.25) is 5.02 Å². The molecule has 0 fully saturated rings. The van der Waals surface area contributed by atoms with Gasteiger partial charge in [-0.15, -0.1) is 0 Å². The first-order valence-corrected chi connectivity index (χ1v) is 9.05. The van der Waals surface area contributed by atoms with E-state index < -0.39 is 40.5 Å². The summed E-state index contributed by atoms with van der Waals surface area (Å²) in [6.45, 7) is 1.13. The molecule has 1 unspecified atom stereocenters. The average Bonchev–Trinajstić information content (AvgIpc) is 2.69. The van der Waals surface area contributed by atoms with Gasteiger partial charge >= 0.3 is 0 Å². The number of carbonyl (C=O) groups is 1. The van der Waals surface area contributed by atoms with Crippen molar-refractivity contribution in [2.24, 2.45) is 0 Å². The number of nitrogens with zero attached hydrogens (tertiary/aromatic N) is 2. The fraction of sp³-hybridized carbons (Fsp3) is 0.150. The van der Waals surface area contributed by atoms with E-state index in [0.717, 1.165) is 24.3 Å². The standard InChI is InChI=1S/C20H15ClF3N3O3/c1-10(9-28)25-19(29)15-8-18(11-2-3-16(21)17(24)4-11)26-27(20(15)30)14-6-12(22)5-13(23)7-14/h2-8,10,28H,9H2,1H3,(H,25,29). The number of aliphatic hydroxyl groups is 1. The number of aliphatic hydroxyl groups excluding tert-OH is 1. The molecule has 0 aliphatic heterocycles. The summed E-state index contributed by atoms with van der Waals surface area (Å²) < 4.78 is 41.9. The van der Waals surface area contributed by atoms with Crippen molar-refractivity contribution < 1.29 is 23.1 Å². The van der Waals surface area contributed by atoms with Crippen LogP contribution in [0.3, 0.4) is 0 Å². The molecule has 3 aromatic rings. The monoisotopic (exact) mass is 437 g/mol. The molecule has 1 heterocycles. The van der Waals surface area contributed by atoms with Gasteiger partial charge < -0.3 is 10.4 Å². The SMILES string of the molecule is CC(CO)NC(=O)c1cc(-c2ccc(Cl)c(F)c2)nn(-c2cc(F)cc(F)c2)c1=O. The number of hydrogen-bond donors (Lipinski definition) is 2. The van der Waals surface area contributed by atoms with Crippen molar-refractivity contribution >= 4 is 17.5 Å². The molecule has 3 rings (SSSR count). The Morgan fingerprint density at radius 2 is 1.83 bits per heavy atom. The molecule has 1 amide bonds. The van der Waals surface area contributed by atoms with E-state index in [1.54, 1.807) is 0 Å². The second-order valence-corrected chi connectivity index (χ2v) is 6.88. The fourth-order valence-electron chi connectivity index (χ4n) is 2.64. The van der Waals surface area contributed by atoms with Crippen LogP contribution in [-0.2, 0) is 0 Å². The number of amides is 1. The quantitative estimate of drug-likeness (QED) is 0.642. The van der Waals surface area contributed by atoms with Crippen molar-refractivity contribution in [2.75, 3.05) is 6.61 Å². The number of carbonyl (C=O) groups excluding carboxylic acids is 1. The maximum absolute atomic E-state index is 13.9. The maximum atomic E-state index is 13.9. The lowest BCUT2D eigenvalue weighted by Crippen LogP contribution is -2.39. The minimum atomic E-state index is -0.958. The Morgan fingerprint density at radius 1 is 1.17 bits per heavy atom. The van der Waals surface area contributed by atoms with Gasteiger partial charge in [0.25, 0.3) is 11.5 Å². The second-order valence-electron chi connectivity index (χ2n) is 6.47. The fourth-order valence-corrected chi connectivity index (χ4v) is 2.76. The third kappa shape index (κ3) is 4.52. The molecule has 6 nitrogen and oxygen atoms in total. The molecular formula is C20H15ClF3N3O3. The number of nitrogens with one attached hydrogen (secondary N) is 1. The zero-order valence-electron chi connectivity index (χ0n) is 15.5. The largest absolute Gasteiger partial charge is 0.394 e. The number of halogens is 4. The zero-order chi connectivity index (χ0) is 22.0. The number of benzene rings is 2. The number of aromatic nitrogens is 2. The van der Waals surface area contributed by atoms with Crippen molar-refractivity contribution in [2.45, 2.75) is 13.0 Å². The highest BCUT2D eigenvalue weighted by molar-refractivity contribution is 6.30. The van der Waals surface area contributed by atoms with Gasteiger partial charge in [0.2, 0.25) is 0 Å². The van der Waals surface area contributed by atoms with E-state index in [9.17, 15) is 22.8 Å². The first-order valence-electron chi connectivity index (χ1n) is 8.67. The van der Waals surface area contributed by atoms with E-state index in [-0.39, 0.29) is 28.6 Å². The third-order valence-corrected chi connectivity index (χ3v) is 4.42. The Hall–Kier alpha value is -3.17. The van der Waals surface area contributed by atoms with Crippen molar-refractivity contribution in [3.8, 4) is 16.9 Å². The van der Waals surface area contributed by atoms with Crippen LogP contribution in [0.1, 0.15) is 17.3 Å². The summed E-state index contributed by atoms with van der Waals surface area (Å²) in [6.07, 6.45) is 0. The molecule has 0 bridgehead atoms. The highest BCUT2D eigenvalue weighted by Gasteiger charge is 2.20. The second kappa shape index (κ2) is 8.68. The lowest BCUT2D eigenvalue weighted by Gasteiger charge is -2.14. The zero-order valence-corrected chi connectivity index (χ0v) is 16.3. The summed E-state index contributed by atoms with van der Waals surface area (Å²) in [6, 6.07) is 6.51. The lowest BCUT2D eigenvalue weighted by atomic mass is 10.1. The van der Waals surface area contributed by atoms with Gasteiger partial charge in [0, 0.05) is 17.7 Å². The van der Waals surface area contributed by atoms with Crippen molar-refractivity contribution in [1.82, 2.24) is 15.1 Å².